The smallest absolute Gasteiger partial charge is 0.239 e. The molecule has 1 N–H and O–H groups in total. The summed E-state index contributed by atoms with van der Waals surface area (Å²) < 4.78 is 0. The predicted molar refractivity (Wildman–Crippen MR) is 130 cm³/mol. The lowest BCUT2D eigenvalue weighted by Gasteiger charge is -2.39. The highest BCUT2D eigenvalue weighted by Gasteiger charge is 2.31. The lowest BCUT2D eigenvalue weighted by Crippen LogP contribution is -2.57. The Morgan fingerprint density at radius 2 is 1.69 bits per heavy atom. The average molecular weight is 521 g/mol. The second kappa shape index (κ2) is 11.7. The van der Waals surface area contributed by atoms with E-state index in [1.54, 1.807) is 0 Å². The Morgan fingerprint density at radius 1 is 1.07 bits per heavy atom. The number of aliphatic imine (C=N–C) groups is 1. The van der Waals surface area contributed by atoms with Crippen LogP contribution in [0.25, 0.3) is 0 Å². The van der Waals surface area contributed by atoms with Crippen LogP contribution in [0.5, 0.6) is 0 Å². The van der Waals surface area contributed by atoms with Crippen molar-refractivity contribution in [1.29, 1.82) is 0 Å². The Balaban J connectivity index is 0.00000300. The Bertz CT molecular complexity index is 541. The van der Waals surface area contributed by atoms with Crippen molar-refractivity contribution >= 4 is 35.8 Å². The molecule has 7 nitrogen and oxygen atoms in total. The van der Waals surface area contributed by atoms with Gasteiger partial charge in [-0.1, -0.05) is 0 Å². The first kappa shape index (κ1) is 24.7. The fourth-order valence-corrected chi connectivity index (χ4v) is 4.29. The van der Waals surface area contributed by atoms with Crippen LogP contribution in [-0.4, -0.2) is 109 Å². The van der Waals surface area contributed by atoms with E-state index < -0.39 is 0 Å². The Kier molecular flexibility index (Phi) is 9.94. The van der Waals surface area contributed by atoms with E-state index in [-0.39, 0.29) is 30.0 Å². The molecule has 1 saturated carbocycles. The van der Waals surface area contributed by atoms with Gasteiger partial charge in [-0.25, -0.2) is 0 Å². The van der Waals surface area contributed by atoms with E-state index in [1.165, 1.54) is 12.8 Å². The third-order valence-corrected chi connectivity index (χ3v) is 6.59. The molecular weight excluding hydrogens is 479 g/mol. The van der Waals surface area contributed by atoms with E-state index in [0.717, 1.165) is 77.2 Å². The number of likely N-dealkylation sites (tertiary alicyclic amines) is 1. The molecule has 0 bridgehead atoms. The van der Waals surface area contributed by atoms with E-state index in [2.05, 4.69) is 47.8 Å². The van der Waals surface area contributed by atoms with Crippen LogP contribution in [0.3, 0.4) is 0 Å². The number of hydrogen-bond acceptors (Lipinski definition) is 4. The first-order valence-electron chi connectivity index (χ1n) is 11.3. The van der Waals surface area contributed by atoms with Crippen LogP contribution in [-0.2, 0) is 4.79 Å². The van der Waals surface area contributed by atoms with E-state index >= 15 is 0 Å². The Morgan fingerprint density at radius 3 is 2.24 bits per heavy atom. The van der Waals surface area contributed by atoms with Crippen molar-refractivity contribution in [1.82, 2.24) is 24.9 Å². The van der Waals surface area contributed by atoms with Crippen molar-refractivity contribution in [2.45, 2.75) is 64.6 Å². The molecule has 0 spiro atoms. The third-order valence-electron chi connectivity index (χ3n) is 6.59. The van der Waals surface area contributed by atoms with Crippen molar-refractivity contribution in [3.63, 3.8) is 0 Å². The molecule has 1 aliphatic carbocycles. The number of carbonyl (C=O) groups excluding carboxylic acids is 1. The highest BCUT2D eigenvalue weighted by molar-refractivity contribution is 14.0. The molecule has 2 heterocycles. The summed E-state index contributed by atoms with van der Waals surface area (Å²) in [4.78, 5) is 26.8. The number of guanidine groups is 1. The van der Waals surface area contributed by atoms with Gasteiger partial charge >= 0.3 is 0 Å². The van der Waals surface area contributed by atoms with Gasteiger partial charge in [-0.15, -0.1) is 24.0 Å². The van der Waals surface area contributed by atoms with Crippen LogP contribution < -0.4 is 5.32 Å². The molecule has 2 saturated heterocycles. The summed E-state index contributed by atoms with van der Waals surface area (Å²) in [6, 6.07) is 1.23. The zero-order valence-corrected chi connectivity index (χ0v) is 21.1. The summed E-state index contributed by atoms with van der Waals surface area (Å²) in [5.41, 5.74) is 0. The zero-order chi connectivity index (χ0) is 20.1. The first-order valence-corrected chi connectivity index (χ1v) is 11.3. The molecule has 2 aliphatic heterocycles. The maximum Gasteiger partial charge on any atom is 0.239 e. The van der Waals surface area contributed by atoms with Gasteiger partial charge in [0.05, 0.1) is 12.6 Å². The standard InChI is InChI=1S/C21H40N6O.HI/c1-5-22-21(23-16-17(2)24(4)19-8-9-19)27-14-12-25(13-15-27)18(3)20(28)26-10-6-7-11-26;/h17-19H,5-16H2,1-4H3,(H,22,23);1H. The van der Waals surface area contributed by atoms with E-state index in [9.17, 15) is 4.79 Å². The van der Waals surface area contributed by atoms with Crippen LogP contribution in [0.2, 0.25) is 0 Å². The molecule has 2 atom stereocenters. The monoisotopic (exact) mass is 520 g/mol. The largest absolute Gasteiger partial charge is 0.357 e. The van der Waals surface area contributed by atoms with Crippen LogP contribution >= 0.6 is 24.0 Å². The number of likely N-dealkylation sites (N-methyl/N-ethyl adjacent to an activating group) is 1. The maximum absolute atomic E-state index is 12.7. The Labute approximate surface area is 194 Å². The predicted octanol–water partition coefficient (Wildman–Crippen LogP) is 1.68. The lowest BCUT2D eigenvalue weighted by molar-refractivity contribution is -0.135. The van der Waals surface area contributed by atoms with Gasteiger partial charge in [0, 0.05) is 57.9 Å². The number of carbonyl (C=O) groups is 1. The summed E-state index contributed by atoms with van der Waals surface area (Å²) in [5.74, 6) is 1.33. The number of halogens is 1. The summed E-state index contributed by atoms with van der Waals surface area (Å²) in [7, 11) is 2.22. The lowest BCUT2D eigenvalue weighted by atomic mass is 10.2. The minimum atomic E-state index is -0.00742. The second-order valence-corrected chi connectivity index (χ2v) is 8.67. The molecule has 8 heteroatoms. The number of amides is 1. The van der Waals surface area contributed by atoms with Crippen molar-refractivity contribution < 1.29 is 4.79 Å². The van der Waals surface area contributed by atoms with Gasteiger partial charge in [0.15, 0.2) is 5.96 Å². The average Bonchev–Trinajstić information content (AvgIpc) is 3.43. The summed E-state index contributed by atoms with van der Waals surface area (Å²) in [6.45, 7) is 13.8. The third kappa shape index (κ3) is 6.69. The fraction of sp³-hybridized carbons (Fsp3) is 0.905. The maximum atomic E-state index is 12.7. The Hall–Kier alpha value is -0.610. The number of hydrogen-bond donors (Lipinski definition) is 1. The van der Waals surface area contributed by atoms with Gasteiger partial charge in [-0.05, 0) is 53.5 Å². The minimum Gasteiger partial charge on any atom is -0.357 e. The van der Waals surface area contributed by atoms with Crippen molar-refractivity contribution in [2.24, 2.45) is 4.99 Å². The molecule has 1 amide bonds. The van der Waals surface area contributed by atoms with Crippen molar-refractivity contribution in [2.75, 3.05) is 59.4 Å². The van der Waals surface area contributed by atoms with Gasteiger partial charge in [-0.3, -0.25) is 19.6 Å². The first-order chi connectivity index (χ1) is 13.5. The molecule has 0 aromatic heterocycles. The van der Waals surface area contributed by atoms with Gasteiger partial charge in [0.2, 0.25) is 5.91 Å². The van der Waals surface area contributed by atoms with Crippen LogP contribution in [0, 0.1) is 0 Å². The van der Waals surface area contributed by atoms with Crippen molar-refractivity contribution in [3.05, 3.63) is 0 Å². The number of rotatable bonds is 7. The summed E-state index contributed by atoms with van der Waals surface area (Å²) in [5, 5.41) is 3.47. The molecular formula is C21H41IN6O. The molecule has 3 fully saturated rings. The number of piperazine rings is 1. The molecule has 3 rings (SSSR count). The molecule has 168 valence electrons. The molecule has 0 radical (unpaired) electrons. The molecule has 0 aromatic carbocycles. The fourth-order valence-electron chi connectivity index (χ4n) is 4.29. The number of nitrogens with zero attached hydrogens (tertiary/aromatic N) is 5. The van der Waals surface area contributed by atoms with E-state index in [1.807, 2.05) is 4.90 Å². The normalized spacial score (nSPS) is 23.1. The molecule has 2 unspecified atom stereocenters. The number of nitrogens with one attached hydrogen (secondary N) is 1. The topological polar surface area (TPSA) is 54.4 Å². The van der Waals surface area contributed by atoms with Crippen LogP contribution in [0.4, 0.5) is 0 Å². The highest BCUT2D eigenvalue weighted by Crippen LogP contribution is 2.26. The minimum absolute atomic E-state index is 0. The highest BCUT2D eigenvalue weighted by atomic mass is 127. The van der Waals surface area contributed by atoms with Gasteiger partial charge in [-0.2, -0.15) is 0 Å². The van der Waals surface area contributed by atoms with Gasteiger partial charge in [0.1, 0.15) is 0 Å². The van der Waals surface area contributed by atoms with Crippen molar-refractivity contribution in [3.8, 4) is 0 Å². The second-order valence-electron chi connectivity index (χ2n) is 8.67. The zero-order valence-electron chi connectivity index (χ0n) is 18.8. The quantitative estimate of drug-likeness (QED) is 0.315. The molecule has 29 heavy (non-hydrogen) atoms. The van der Waals surface area contributed by atoms with Gasteiger partial charge < -0.3 is 15.1 Å². The summed E-state index contributed by atoms with van der Waals surface area (Å²) >= 11 is 0. The van der Waals surface area contributed by atoms with Crippen LogP contribution in [0.1, 0.15) is 46.5 Å². The van der Waals surface area contributed by atoms with E-state index in [0.29, 0.717) is 11.9 Å². The SMILES string of the molecule is CCNC(=NCC(C)N(C)C1CC1)N1CCN(C(C)C(=O)N2CCCC2)CC1.I. The summed E-state index contributed by atoms with van der Waals surface area (Å²) in [6.07, 6.45) is 4.98. The van der Waals surface area contributed by atoms with Crippen LogP contribution in [0.15, 0.2) is 4.99 Å². The van der Waals surface area contributed by atoms with E-state index in [4.69, 9.17) is 4.99 Å². The molecule has 0 aromatic rings. The molecule has 3 aliphatic rings. The van der Waals surface area contributed by atoms with Gasteiger partial charge in [0.25, 0.3) is 0 Å².